The van der Waals surface area contributed by atoms with E-state index in [9.17, 15) is 4.39 Å². The standard InChI is InChI=1S/C16H17FO2/c1-13-2-4-14(5-3-13)12-19-16-8-6-15(7-9-16)18-11-10-17/h2-9H,10-12H2,1H3. The molecule has 0 unspecified atom stereocenters. The Morgan fingerprint density at radius 2 is 1.42 bits per heavy atom. The van der Waals surface area contributed by atoms with Gasteiger partial charge in [-0.15, -0.1) is 0 Å². The van der Waals surface area contributed by atoms with Crippen molar-refractivity contribution in [2.45, 2.75) is 13.5 Å². The van der Waals surface area contributed by atoms with Crippen LogP contribution in [0.4, 0.5) is 4.39 Å². The second kappa shape index (κ2) is 6.78. The fourth-order valence-electron chi connectivity index (χ4n) is 1.64. The molecule has 0 aliphatic heterocycles. The average Bonchev–Trinajstić information content (AvgIpc) is 2.46. The van der Waals surface area contributed by atoms with Gasteiger partial charge >= 0.3 is 0 Å². The van der Waals surface area contributed by atoms with E-state index < -0.39 is 6.67 Å². The molecule has 0 fully saturated rings. The van der Waals surface area contributed by atoms with Crippen LogP contribution in [0.15, 0.2) is 48.5 Å². The van der Waals surface area contributed by atoms with Gasteiger partial charge in [-0.2, -0.15) is 0 Å². The largest absolute Gasteiger partial charge is 0.491 e. The Balaban J connectivity index is 1.87. The van der Waals surface area contributed by atoms with Gasteiger partial charge < -0.3 is 9.47 Å². The third-order valence-electron chi connectivity index (χ3n) is 2.70. The molecule has 2 rings (SSSR count). The number of benzene rings is 2. The summed E-state index contributed by atoms with van der Waals surface area (Å²) in [4.78, 5) is 0. The van der Waals surface area contributed by atoms with Gasteiger partial charge in [-0.1, -0.05) is 29.8 Å². The van der Waals surface area contributed by atoms with E-state index in [0.717, 1.165) is 11.3 Å². The van der Waals surface area contributed by atoms with Crippen LogP contribution in [0.3, 0.4) is 0 Å². The Morgan fingerprint density at radius 3 is 2.00 bits per heavy atom. The van der Waals surface area contributed by atoms with Crippen molar-refractivity contribution in [1.29, 1.82) is 0 Å². The Hall–Kier alpha value is -2.03. The Labute approximate surface area is 112 Å². The molecule has 0 spiro atoms. The molecule has 2 aromatic rings. The Morgan fingerprint density at radius 1 is 0.842 bits per heavy atom. The van der Waals surface area contributed by atoms with Gasteiger partial charge in [0.2, 0.25) is 0 Å². The number of halogens is 1. The molecule has 0 N–H and O–H groups in total. The lowest BCUT2D eigenvalue weighted by Crippen LogP contribution is -1.99. The summed E-state index contributed by atoms with van der Waals surface area (Å²) in [5.74, 6) is 1.42. The van der Waals surface area contributed by atoms with Crippen molar-refractivity contribution in [2.75, 3.05) is 13.3 Å². The van der Waals surface area contributed by atoms with Gasteiger partial charge in [0.1, 0.15) is 31.4 Å². The van der Waals surface area contributed by atoms with Gasteiger partial charge in [0.05, 0.1) is 0 Å². The smallest absolute Gasteiger partial charge is 0.123 e. The molecule has 0 amide bonds. The quantitative estimate of drug-likeness (QED) is 0.783. The molecule has 3 heteroatoms. The highest BCUT2D eigenvalue weighted by Gasteiger charge is 1.98. The van der Waals surface area contributed by atoms with Crippen molar-refractivity contribution in [3.8, 4) is 11.5 Å². The predicted octanol–water partition coefficient (Wildman–Crippen LogP) is 3.92. The highest BCUT2D eigenvalue weighted by Crippen LogP contribution is 2.18. The van der Waals surface area contributed by atoms with Gasteiger partial charge in [-0.3, -0.25) is 0 Å². The van der Waals surface area contributed by atoms with Crippen molar-refractivity contribution < 1.29 is 13.9 Å². The van der Waals surface area contributed by atoms with Crippen LogP contribution in [0, 0.1) is 6.92 Å². The summed E-state index contributed by atoms with van der Waals surface area (Å²) >= 11 is 0. The molecule has 0 saturated carbocycles. The number of aryl methyl sites for hydroxylation is 1. The lowest BCUT2D eigenvalue weighted by molar-refractivity contribution is 0.271. The van der Waals surface area contributed by atoms with Gasteiger partial charge in [0, 0.05) is 0 Å². The van der Waals surface area contributed by atoms with Crippen molar-refractivity contribution >= 4 is 0 Å². The van der Waals surface area contributed by atoms with E-state index in [2.05, 4.69) is 19.1 Å². The first-order valence-electron chi connectivity index (χ1n) is 6.25. The number of rotatable bonds is 6. The molecule has 0 aromatic heterocycles. The molecule has 0 aliphatic carbocycles. The molecule has 0 aliphatic rings. The summed E-state index contributed by atoms with van der Waals surface area (Å²) in [7, 11) is 0. The highest BCUT2D eigenvalue weighted by atomic mass is 19.1. The van der Waals surface area contributed by atoms with Gasteiger partial charge in [-0.05, 0) is 36.8 Å². The second-order valence-electron chi connectivity index (χ2n) is 4.28. The highest BCUT2D eigenvalue weighted by molar-refractivity contribution is 5.31. The van der Waals surface area contributed by atoms with E-state index in [1.165, 1.54) is 5.56 Å². The second-order valence-corrected chi connectivity index (χ2v) is 4.28. The molecule has 0 atom stereocenters. The van der Waals surface area contributed by atoms with Crippen molar-refractivity contribution in [1.82, 2.24) is 0 Å². The minimum atomic E-state index is -0.480. The molecule has 19 heavy (non-hydrogen) atoms. The van der Waals surface area contributed by atoms with Crippen LogP contribution in [-0.2, 0) is 6.61 Å². The Kier molecular flexibility index (Phi) is 4.78. The third-order valence-corrected chi connectivity index (χ3v) is 2.70. The van der Waals surface area contributed by atoms with Crippen molar-refractivity contribution in [3.05, 3.63) is 59.7 Å². The zero-order chi connectivity index (χ0) is 13.5. The molecule has 0 heterocycles. The first-order valence-corrected chi connectivity index (χ1v) is 6.25. The Bertz CT molecular complexity index is 491. The molecule has 0 saturated heterocycles. The summed E-state index contributed by atoms with van der Waals surface area (Å²) in [5.41, 5.74) is 2.36. The minimum Gasteiger partial charge on any atom is -0.491 e. The van der Waals surface area contributed by atoms with Crippen LogP contribution < -0.4 is 9.47 Å². The lowest BCUT2D eigenvalue weighted by atomic mass is 10.2. The minimum absolute atomic E-state index is 0.0869. The lowest BCUT2D eigenvalue weighted by Gasteiger charge is -2.08. The van der Waals surface area contributed by atoms with Crippen LogP contribution in [0.2, 0.25) is 0 Å². The average molecular weight is 260 g/mol. The van der Waals surface area contributed by atoms with Crippen LogP contribution in [0.25, 0.3) is 0 Å². The van der Waals surface area contributed by atoms with E-state index >= 15 is 0 Å². The number of alkyl halides is 1. The van der Waals surface area contributed by atoms with E-state index in [1.54, 1.807) is 12.1 Å². The molecule has 0 radical (unpaired) electrons. The first kappa shape index (κ1) is 13.4. The summed E-state index contributed by atoms with van der Waals surface area (Å²) < 4.78 is 22.8. The van der Waals surface area contributed by atoms with E-state index in [-0.39, 0.29) is 6.61 Å². The fourth-order valence-corrected chi connectivity index (χ4v) is 1.64. The summed E-state index contributed by atoms with van der Waals surface area (Å²) in [6.45, 7) is 2.20. The van der Waals surface area contributed by atoms with E-state index in [1.807, 2.05) is 24.3 Å². The predicted molar refractivity (Wildman–Crippen MR) is 73.4 cm³/mol. The molecular weight excluding hydrogens is 243 g/mol. The maximum absolute atomic E-state index is 11.9. The maximum atomic E-state index is 11.9. The molecule has 100 valence electrons. The number of ether oxygens (including phenoxy) is 2. The zero-order valence-corrected chi connectivity index (χ0v) is 10.9. The van der Waals surface area contributed by atoms with Crippen LogP contribution in [0.5, 0.6) is 11.5 Å². The third kappa shape index (κ3) is 4.28. The van der Waals surface area contributed by atoms with Crippen LogP contribution in [0.1, 0.15) is 11.1 Å². The van der Waals surface area contributed by atoms with Crippen molar-refractivity contribution in [2.24, 2.45) is 0 Å². The molecular formula is C16H17FO2. The SMILES string of the molecule is Cc1ccc(COc2ccc(OCCF)cc2)cc1. The number of hydrogen-bond donors (Lipinski definition) is 0. The summed E-state index contributed by atoms with van der Waals surface area (Å²) in [5, 5.41) is 0. The van der Waals surface area contributed by atoms with Gasteiger partial charge in [0.25, 0.3) is 0 Å². The maximum Gasteiger partial charge on any atom is 0.123 e. The fraction of sp³-hybridized carbons (Fsp3) is 0.250. The normalized spacial score (nSPS) is 10.2. The first-order chi connectivity index (χ1) is 9.28. The van der Waals surface area contributed by atoms with E-state index in [4.69, 9.17) is 9.47 Å². The van der Waals surface area contributed by atoms with Gasteiger partial charge in [0.15, 0.2) is 0 Å². The summed E-state index contributed by atoms with van der Waals surface area (Å²) in [6, 6.07) is 15.4. The van der Waals surface area contributed by atoms with Crippen LogP contribution >= 0.6 is 0 Å². The van der Waals surface area contributed by atoms with Crippen LogP contribution in [-0.4, -0.2) is 13.3 Å². The summed E-state index contributed by atoms with van der Waals surface area (Å²) in [6.07, 6.45) is 0. The molecule has 2 nitrogen and oxygen atoms in total. The van der Waals surface area contributed by atoms with Crippen molar-refractivity contribution in [3.63, 3.8) is 0 Å². The molecule has 0 bridgehead atoms. The monoisotopic (exact) mass is 260 g/mol. The van der Waals surface area contributed by atoms with E-state index in [0.29, 0.717) is 12.4 Å². The zero-order valence-electron chi connectivity index (χ0n) is 10.9. The topological polar surface area (TPSA) is 18.5 Å². The number of hydrogen-bond acceptors (Lipinski definition) is 2. The molecule has 2 aromatic carbocycles. The van der Waals surface area contributed by atoms with Gasteiger partial charge in [-0.25, -0.2) is 4.39 Å².